The highest BCUT2D eigenvalue weighted by Crippen LogP contribution is 2.08. The predicted molar refractivity (Wildman–Crippen MR) is 97.3 cm³/mol. The van der Waals surface area contributed by atoms with Crippen LogP contribution in [0.2, 0.25) is 0 Å². The Labute approximate surface area is 152 Å². The first-order valence-corrected chi connectivity index (χ1v) is 7.94. The molecule has 2 N–H and O–H groups in total. The van der Waals surface area contributed by atoms with Gasteiger partial charge in [-0.25, -0.2) is 9.50 Å². The third-order valence-corrected chi connectivity index (χ3v) is 3.67. The minimum Gasteiger partial charge on any atom is -0.338 e. The van der Waals surface area contributed by atoms with Crippen LogP contribution in [0.5, 0.6) is 0 Å². The van der Waals surface area contributed by atoms with E-state index in [0.717, 1.165) is 12.0 Å². The van der Waals surface area contributed by atoms with Crippen LogP contribution < -0.4 is 5.73 Å². The van der Waals surface area contributed by atoms with Crippen LogP contribution in [0.25, 0.3) is 5.78 Å². The minimum absolute atomic E-state index is 0. The van der Waals surface area contributed by atoms with Crippen molar-refractivity contribution >= 4 is 24.1 Å². The lowest BCUT2D eigenvalue weighted by Crippen LogP contribution is -2.34. The summed E-state index contributed by atoms with van der Waals surface area (Å²) in [5.41, 5.74) is 6.69. The van der Waals surface area contributed by atoms with Gasteiger partial charge < -0.3 is 10.6 Å². The molecular formula is C17H21ClN6O. The summed E-state index contributed by atoms with van der Waals surface area (Å²) in [6.45, 7) is 1.73. The zero-order chi connectivity index (χ0) is 16.8. The van der Waals surface area contributed by atoms with Crippen LogP contribution in [0.1, 0.15) is 17.8 Å². The quantitative estimate of drug-likeness (QED) is 0.689. The zero-order valence-electron chi connectivity index (χ0n) is 13.8. The van der Waals surface area contributed by atoms with Crippen LogP contribution >= 0.6 is 12.4 Å². The average Bonchev–Trinajstić information content (AvgIpc) is 3.01. The number of halogens is 1. The molecule has 132 valence electrons. The number of amides is 1. The molecular weight excluding hydrogens is 340 g/mol. The molecule has 1 aromatic carbocycles. The van der Waals surface area contributed by atoms with Gasteiger partial charge in [-0.15, -0.1) is 17.5 Å². The molecule has 0 atom stereocenters. The third-order valence-electron chi connectivity index (χ3n) is 3.67. The average molecular weight is 361 g/mol. The third kappa shape index (κ3) is 4.98. The van der Waals surface area contributed by atoms with Gasteiger partial charge in [0, 0.05) is 25.5 Å². The SMILES string of the molecule is Cl.NCCCN(Cc1ccccc1)C(=O)Cc1nc2ncccn2n1. The number of carbonyl (C=O) groups excluding carboxylic acids is 1. The van der Waals surface area contributed by atoms with E-state index in [1.807, 2.05) is 30.3 Å². The fourth-order valence-electron chi connectivity index (χ4n) is 2.48. The van der Waals surface area contributed by atoms with E-state index in [9.17, 15) is 4.79 Å². The van der Waals surface area contributed by atoms with E-state index in [-0.39, 0.29) is 24.7 Å². The van der Waals surface area contributed by atoms with E-state index in [4.69, 9.17) is 5.73 Å². The van der Waals surface area contributed by atoms with Gasteiger partial charge >= 0.3 is 0 Å². The highest BCUT2D eigenvalue weighted by molar-refractivity contribution is 5.85. The molecule has 2 heterocycles. The summed E-state index contributed by atoms with van der Waals surface area (Å²) >= 11 is 0. The highest BCUT2D eigenvalue weighted by Gasteiger charge is 2.17. The number of nitrogens with two attached hydrogens (primary N) is 1. The normalized spacial score (nSPS) is 10.4. The summed E-state index contributed by atoms with van der Waals surface area (Å²) in [6, 6.07) is 11.7. The first-order valence-electron chi connectivity index (χ1n) is 7.94. The van der Waals surface area contributed by atoms with Crippen molar-refractivity contribution < 1.29 is 4.79 Å². The second-order valence-electron chi connectivity index (χ2n) is 5.51. The van der Waals surface area contributed by atoms with E-state index in [0.29, 0.717) is 31.2 Å². The maximum absolute atomic E-state index is 12.7. The Bertz CT molecular complexity index is 774. The molecule has 0 aliphatic heterocycles. The smallest absolute Gasteiger partial charge is 0.252 e. The molecule has 3 aromatic rings. The number of aromatic nitrogens is 4. The minimum atomic E-state index is -0.0109. The molecule has 0 aliphatic carbocycles. The Morgan fingerprint density at radius 1 is 1.20 bits per heavy atom. The molecule has 0 aliphatic rings. The van der Waals surface area contributed by atoms with Gasteiger partial charge in [-0.3, -0.25) is 4.79 Å². The summed E-state index contributed by atoms with van der Waals surface area (Å²) in [6.07, 6.45) is 4.33. The van der Waals surface area contributed by atoms with Crippen molar-refractivity contribution in [3.8, 4) is 0 Å². The molecule has 2 aromatic heterocycles. The van der Waals surface area contributed by atoms with Gasteiger partial charge in [-0.2, -0.15) is 4.98 Å². The lowest BCUT2D eigenvalue weighted by atomic mass is 10.2. The summed E-state index contributed by atoms with van der Waals surface area (Å²) in [5.74, 6) is 0.963. The van der Waals surface area contributed by atoms with E-state index < -0.39 is 0 Å². The molecule has 0 saturated carbocycles. The second-order valence-corrected chi connectivity index (χ2v) is 5.51. The molecule has 0 radical (unpaired) electrons. The van der Waals surface area contributed by atoms with Gasteiger partial charge in [0.15, 0.2) is 5.82 Å². The fraction of sp³-hybridized carbons (Fsp3) is 0.294. The molecule has 7 nitrogen and oxygen atoms in total. The first kappa shape index (κ1) is 18.8. The first-order chi connectivity index (χ1) is 11.8. The summed E-state index contributed by atoms with van der Waals surface area (Å²) in [5, 5.41) is 4.29. The van der Waals surface area contributed by atoms with Gasteiger partial charge in [0.2, 0.25) is 5.91 Å². The number of carbonyl (C=O) groups is 1. The predicted octanol–water partition coefficient (Wildman–Crippen LogP) is 1.47. The Morgan fingerprint density at radius 2 is 2.00 bits per heavy atom. The van der Waals surface area contributed by atoms with Crippen LogP contribution in [0.15, 0.2) is 48.8 Å². The van der Waals surface area contributed by atoms with Gasteiger partial charge in [-0.05, 0) is 24.6 Å². The lowest BCUT2D eigenvalue weighted by Gasteiger charge is -2.22. The zero-order valence-corrected chi connectivity index (χ0v) is 14.6. The van der Waals surface area contributed by atoms with Crippen molar-refractivity contribution in [2.75, 3.05) is 13.1 Å². The van der Waals surface area contributed by atoms with Crippen LogP contribution in [0, 0.1) is 0 Å². The van der Waals surface area contributed by atoms with Crippen molar-refractivity contribution in [3.05, 3.63) is 60.2 Å². The molecule has 0 bridgehead atoms. The van der Waals surface area contributed by atoms with Crippen molar-refractivity contribution in [2.24, 2.45) is 5.73 Å². The molecule has 8 heteroatoms. The van der Waals surface area contributed by atoms with E-state index in [2.05, 4.69) is 15.1 Å². The number of benzene rings is 1. The molecule has 3 rings (SSSR count). The van der Waals surface area contributed by atoms with E-state index in [1.54, 1.807) is 27.9 Å². The Kier molecular flexibility index (Phi) is 6.85. The van der Waals surface area contributed by atoms with Gasteiger partial charge in [0.1, 0.15) is 0 Å². The number of hydrogen-bond donors (Lipinski definition) is 1. The van der Waals surface area contributed by atoms with Gasteiger partial charge in [0.25, 0.3) is 5.78 Å². The number of rotatable bonds is 7. The van der Waals surface area contributed by atoms with Crippen molar-refractivity contribution in [1.82, 2.24) is 24.5 Å². The van der Waals surface area contributed by atoms with Crippen LogP contribution in [-0.4, -0.2) is 43.5 Å². The summed E-state index contributed by atoms with van der Waals surface area (Å²) in [4.78, 5) is 22.9. The van der Waals surface area contributed by atoms with Crippen LogP contribution in [0.3, 0.4) is 0 Å². The standard InChI is InChI=1S/C17H20N6O.ClH/c18-8-4-10-22(13-14-6-2-1-3-7-14)16(24)12-15-20-17-19-9-5-11-23(17)21-15;/h1-3,5-7,9,11H,4,8,10,12-13,18H2;1H. The van der Waals surface area contributed by atoms with Crippen molar-refractivity contribution in [2.45, 2.75) is 19.4 Å². The monoisotopic (exact) mass is 360 g/mol. The van der Waals surface area contributed by atoms with Gasteiger partial charge in [0.05, 0.1) is 6.42 Å². The topological polar surface area (TPSA) is 89.4 Å². The van der Waals surface area contributed by atoms with Crippen LogP contribution in [0.4, 0.5) is 0 Å². The Hall–Kier alpha value is -2.51. The molecule has 0 unspecified atom stereocenters. The maximum atomic E-state index is 12.7. The molecule has 1 amide bonds. The fourth-order valence-corrected chi connectivity index (χ4v) is 2.48. The maximum Gasteiger partial charge on any atom is 0.252 e. The molecule has 0 saturated heterocycles. The number of nitrogens with zero attached hydrogens (tertiary/aromatic N) is 5. The lowest BCUT2D eigenvalue weighted by molar-refractivity contribution is -0.131. The molecule has 0 fully saturated rings. The van der Waals surface area contributed by atoms with Crippen molar-refractivity contribution in [3.63, 3.8) is 0 Å². The van der Waals surface area contributed by atoms with E-state index in [1.165, 1.54) is 0 Å². The molecule has 25 heavy (non-hydrogen) atoms. The van der Waals surface area contributed by atoms with Crippen LogP contribution in [-0.2, 0) is 17.8 Å². The van der Waals surface area contributed by atoms with Gasteiger partial charge in [-0.1, -0.05) is 30.3 Å². The second kappa shape index (κ2) is 9.10. The Morgan fingerprint density at radius 3 is 2.72 bits per heavy atom. The van der Waals surface area contributed by atoms with Crippen molar-refractivity contribution in [1.29, 1.82) is 0 Å². The summed E-state index contributed by atoms with van der Waals surface area (Å²) in [7, 11) is 0. The largest absolute Gasteiger partial charge is 0.338 e. The van der Waals surface area contributed by atoms with E-state index >= 15 is 0 Å². The highest BCUT2D eigenvalue weighted by atomic mass is 35.5. The number of fused-ring (bicyclic) bond motifs is 1. The summed E-state index contributed by atoms with van der Waals surface area (Å²) < 4.78 is 1.57. The Balaban J connectivity index is 0.00000225. The molecule has 0 spiro atoms. The number of hydrogen-bond acceptors (Lipinski definition) is 5.